The van der Waals surface area contributed by atoms with Crippen LogP contribution in [0.3, 0.4) is 0 Å². The molecule has 66 valence electrons. The summed E-state index contributed by atoms with van der Waals surface area (Å²) in [5.74, 6) is 0.450. The van der Waals surface area contributed by atoms with Crippen molar-refractivity contribution >= 4 is 17.1 Å². The molecule has 1 aromatic rings. The molecule has 1 rings (SSSR count). The quantitative estimate of drug-likeness (QED) is 0.717. The van der Waals surface area contributed by atoms with Crippen LogP contribution in [0.2, 0.25) is 0 Å². The van der Waals surface area contributed by atoms with Crippen LogP contribution in [0.15, 0.2) is 11.6 Å². The number of aromatic nitrogens is 1. The molecule has 0 aliphatic rings. The van der Waals surface area contributed by atoms with Gasteiger partial charge in [0.15, 0.2) is 0 Å². The number of ketones is 1. The highest BCUT2D eigenvalue weighted by molar-refractivity contribution is 7.09. The monoisotopic (exact) mass is 183 g/mol. The fraction of sp³-hybridized carbons (Fsp3) is 0.556. The van der Waals surface area contributed by atoms with Gasteiger partial charge in [-0.05, 0) is 0 Å². The van der Waals surface area contributed by atoms with Gasteiger partial charge in [0, 0.05) is 30.3 Å². The Morgan fingerprint density at radius 2 is 2.50 bits per heavy atom. The Hall–Kier alpha value is -0.700. The number of hydrogen-bond acceptors (Lipinski definition) is 3. The minimum atomic E-state index is 0.126. The van der Waals surface area contributed by atoms with Gasteiger partial charge in [0.25, 0.3) is 0 Å². The number of Topliss-reactive ketones (excluding diaryl/α,β-unsaturated/α-hetero) is 1. The largest absolute Gasteiger partial charge is 0.299 e. The first-order valence-corrected chi connectivity index (χ1v) is 5.03. The van der Waals surface area contributed by atoms with Crippen molar-refractivity contribution in [3.63, 3.8) is 0 Å². The van der Waals surface area contributed by atoms with Crippen LogP contribution in [0.4, 0.5) is 0 Å². The van der Waals surface area contributed by atoms with Crippen LogP contribution in [0.25, 0.3) is 0 Å². The molecule has 12 heavy (non-hydrogen) atoms. The standard InChI is InChI=1S/C9H13NOS/c1-3-8(11)7(2)6-9-10-4-5-12-9/h4-5,7H,3,6H2,1-2H3. The summed E-state index contributed by atoms with van der Waals surface area (Å²) in [5.41, 5.74) is 0. The van der Waals surface area contributed by atoms with Crippen molar-refractivity contribution in [1.82, 2.24) is 4.98 Å². The van der Waals surface area contributed by atoms with Gasteiger partial charge in [-0.2, -0.15) is 0 Å². The van der Waals surface area contributed by atoms with Crippen LogP contribution in [0, 0.1) is 5.92 Å². The number of nitrogens with zero attached hydrogens (tertiary/aromatic N) is 1. The molecule has 0 N–H and O–H groups in total. The smallest absolute Gasteiger partial charge is 0.135 e. The van der Waals surface area contributed by atoms with Crippen molar-refractivity contribution in [1.29, 1.82) is 0 Å². The van der Waals surface area contributed by atoms with Gasteiger partial charge >= 0.3 is 0 Å². The van der Waals surface area contributed by atoms with Gasteiger partial charge in [-0.15, -0.1) is 11.3 Å². The topological polar surface area (TPSA) is 30.0 Å². The zero-order valence-corrected chi connectivity index (χ0v) is 8.23. The summed E-state index contributed by atoms with van der Waals surface area (Å²) in [4.78, 5) is 15.4. The third-order valence-electron chi connectivity index (χ3n) is 1.86. The SMILES string of the molecule is CCC(=O)C(C)Cc1nccs1. The Morgan fingerprint density at radius 3 is 3.00 bits per heavy atom. The molecule has 0 aliphatic carbocycles. The molecular formula is C9H13NOS. The molecule has 0 radical (unpaired) electrons. The van der Waals surface area contributed by atoms with Crippen molar-refractivity contribution in [3.8, 4) is 0 Å². The van der Waals surface area contributed by atoms with Gasteiger partial charge in [0.2, 0.25) is 0 Å². The van der Waals surface area contributed by atoms with E-state index in [-0.39, 0.29) is 5.92 Å². The second kappa shape index (κ2) is 4.36. The van der Waals surface area contributed by atoms with Gasteiger partial charge in [-0.1, -0.05) is 13.8 Å². The molecule has 0 fully saturated rings. The van der Waals surface area contributed by atoms with E-state index in [1.165, 1.54) is 0 Å². The van der Waals surface area contributed by atoms with E-state index in [0.717, 1.165) is 11.4 Å². The Labute approximate surface area is 76.6 Å². The zero-order chi connectivity index (χ0) is 8.97. The Bertz CT molecular complexity index is 243. The summed E-state index contributed by atoms with van der Waals surface area (Å²) >= 11 is 1.62. The van der Waals surface area contributed by atoms with Crippen molar-refractivity contribution in [2.24, 2.45) is 5.92 Å². The van der Waals surface area contributed by atoms with Crippen molar-refractivity contribution in [3.05, 3.63) is 16.6 Å². The third-order valence-corrected chi connectivity index (χ3v) is 2.66. The second-order valence-corrected chi connectivity index (χ2v) is 3.83. The van der Waals surface area contributed by atoms with Gasteiger partial charge < -0.3 is 0 Å². The molecule has 0 bridgehead atoms. The van der Waals surface area contributed by atoms with Crippen LogP contribution in [-0.4, -0.2) is 10.8 Å². The van der Waals surface area contributed by atoms with E-state index < -0.39 is 0 Å². The van der Waals surface area contributed by atoms with E-state index in [4.69, 9.17) is 0 Å². The molecule has 0 saturated carbocycles. The van der Waals surface area contributed by atoms with Crippen LogP contribution in [0.1, 0.15) is 25.3 Å². The van der Waals surface area contributed by atoms with Crippen LogP contribution >= 0.6 is 11.3 Å². The average Bonchev–Trinajstić information content (AvgIpc) is 2.55. The molecule has 1 aromatic heterocycles. The molecule has 2 nitrogen and oxygen atoms in total. The molecular weight excluding hydrogens is 170 g/mol. The van der Waals surface area contributed by atoms with E-state index in [1.807, 2.05) is 19.2 Å². The third kappa shape index (κ3) is 2.41. The van der Waals surface area contributed by atoms with Gasteiger partial charge in [-0.3, -0.25) is 4.79 Å². The normalized spacial score (nSPS) is 12.8. The zero-order valence-electron chi connectivity index (χ0n) is 7.41. The minimum absolute atomic E-state index is 0.126. The summed E-state index contributed by atoms with van der Waals surface area (Å²) in [6.45, 7) is 3.87. The maximum atomic E-state index is 11.2. The summed E-state index contributed by atoms with van der Waals surface area (Å²) in [6.07, 6.45) is 3.21. The Kier molecular flexibility index (Phi) is 3.41. The summed E-state index contributed by atoms with van der Waals surface area (Å²) < 4.78 is 0. The van der Waals surface area contributed by atoms with Gasteiger partial charge in [-0.25, -0.2) is 4.98 Å². The molecule has 3 heteroatoms. The highest BCUT2D eigenvalue weighted by Gasteiger charge is 2.12. The fourth-order valence-corrected chi connectivity index (χ4v) is 1.82. The van der Waals surface area contributed by atoms with E-state index >= 15 is 0 Å². The molecule has 1 heterocycles. The van der Waals surface area contributed by atoms with E-state index in [2.05, 4.69) is 4.98 Å². The lowest BCUT2D eigenvalue weighted by Crippen LogP contribution is -2.11. The highest BCUT2D eigenvalue weighted by Crippen LogP contribution is 2.12. The van der Waals surface area contributed by atoms with E-state index in [1.54, 1.807) is 17.5 Å². The summed E-state index contributed by atoms with van der Waals surface area (Å²) in [6, 6.07) is 0. The molecule has 0 amide bonds. The van der Waals surface area contributed by atoms with E-state index in [9.17, 15) is 4.79 Å². The molecule has 0 aromatic carbocycles. The van der Waals surface area contributed by atoms with Crippen molar-refractivity contribution in [2.45, 2.75) is 26.7 Å². The lowest BCUT2D eigenvalue weighted by atomic mass is 10.0. The number of rotatable bonds is 4. The molecule has 0 aliphatic heterocycles. The Balaban J connectivity index is 2.47. The van der Waals surface area contributed by atoms with E-state index in [0.29, 0.717) is 12.2 Å². The van der Waals surface area contributed by atoms with Crippen LogP contribution in [-0.2, 0) is 11.2 Å². The van der Waals surface area contributed by atoms with Crippen molar-refractivity contribution in [2.75, 3.05) is 0 Å². The number of carbonyl (C=O) groups excluding carboxylic acids is 1. The lowest BCUT2D eigenvalue weighted by Gasteiger charge is -2.05. The lowest BCUT2D eigenvalue weighted by molar-refractivity contribution is -0.122. The Morgan fingerprint density at radius 1 is 1.75 bits per heavy atom. The second-order valence-electron chi connectivity index (χ2n) is 2.85. The predicted octanol–water partition coefficient (Wildman–Crippen LogP) is 2.30. The average molecular weight is 183 g/mol. The first kappa shape index (κ1) is 9.39. The molecule has 0 saturated heterocycles. The maximum absolute atomic E-state index is 11.2. The molecule has 1 unspecified atom stereocenters. The number of thiazole rings is 1. The molecule has 0 spiro atoms. The summed E-state index contributed by atoms with van der Waals surface area (Å²) in [5, 5.41) is 3.00. The summed E-state index contributed by atoms with van der Waals surface area (Å²) in [7, 11) is 0. The van der Waals surface area contributed by atoms with Crippen LogP contribution in [0.5, 0.6) is 0 Å². The van der Waals surface area contributed by atoms with Crippen LogP contribution < -0.4 is 0 Å². The first-order valence-electron chi connectivity index (χ1n) is 4.15. The maximum Gasteiger partial charge on any atom is 0.135 e. The molecule has 1 atom stereocenters. The highest BCUT2D eigenvalue weighted by atomic mass is 32.1. The predicted molar refractivity (Wildman–Crippen MR) is 50.3 cm³/mol. The minimum Gasteiger partial charge on any atom is -0.299 e. The van der Waals surface area contributed by atoms with Gasteiger partial charge in [0.05, 0.1) is 5.01 Å². The number of carbonyl (C=O) groups is 1. The van der Waals surface area contributed by atoms with Gasteiger partial charge in [0.1, 0.15) is 5.78 Å². The fourth-order valence-electron chi connectivity index (χ4n) is 1.08. The van der Waals surface area contributed by atoms with Crippen molar-refractivity contribution < 1.29 is 4.79 Å². The number of hydrogen-bond donors (Lipinski definition) is 0. The first-order chi connectivity index (χ1) is 5.74.